The summed E-state index contributed by atoms with van der Waals surface area (Å²) in [6, 6.07) is 14.7. The van der Waals surface area contributed by atoms with Crippen LogP contribution in [0.1, 0.15) is 21.5 Å². The van der Waals surface area contributed by atoms with Crippen LogP contribution in [0.4, 0.5) is 11.5 Å². The van der Waals surface area contributed by atoms with E-state index in [2.05, 4.69) is 37.6 Å². The number of nitrogens with one attached hydrogen (secondary N) is 2. The van der Waals surface area contributed by atoms with Gasteiger partial charge in [-0.3, -0.25) is 9.79 Å². The number of hydrogen-bond acceptors (Lipinski definition) is 6. The fourth-order valence-corrected chi connectivity index (χ4v) is 3.86. The van der Waals surface area contributed by atoms with E-state index < -0.39 is 0 Å². The average molecular weight is 484 g/mol. The van der Waals surface area contributed by atoms with Crippen LogP contribution in [0.5, 0.6) is 5.75 Å². The fourth-order valence-electron chi connectivity index (χ4n) is 3.54. The van der Waals surface area contributed by atoms with Crippen LogP contribution in [0.3, 0.4) is 0 Å². The van der Waals surface area contributed by atoms with E-state index in [0.29, 0.717) is 39.4 Å². The van der Waals surface area contributed by atoms with Gasteiger partial charge in [0, 0.05) is 43.0 Å². The Morgan fingerprint density at radius 2 is 1.91 bits per heavy atom. The third-order valence-electron chi connectivity index (χ3n) is 5.24. The summed E-state index contributed by atoms with van der Waals surface area (Å²) in [6.07, 6.45) is 1.47. The molecule has 2 heterocycles. The topological polar surface area (TPSA) is 78.8 Å². The van der Waals surface area contributed by atoms with Crippen molar-refractivity contribution in [2.24, 2.45) is 4.99 Å². The number of halogens is 2. The Kier molecular flexibility index (Phi) is 7.01. The predicted molar refractivity (Wildman–Crippen MR) is 133 cm³/mol. The number of pyridine rings is 1. The molecule has 0 radical (unpaired) electrons. The summed E-state index contributed by atoms with van der Waals surface area (Å²) in [4.78, 5) is 23.8. The number of nitrogens with zero attached hydrogens (tertiary/aromatic N) is 3. The van der Waals surface area contributed by atoms with Crippen LogP contribution >= 0.6 is 23.2 Å². The molecular weight excluding hydrogens is 461 g/mol. The molecule has 1 amide bonds. The number of amidine groups is 1. The van der Waals surface area contributed by atoms with Gasteiger partial charge in [-0.25, -0.2) is 4.98 Å². The van der Waals surface area contributed by atoms with E-state index in [1.165, 1.54) is 13.3 Å². The number of carbonyl (C=O) groups is 1. The molecule has 0 unspecified atom stereocenters. The Morgan fingerprint density at radius 1 is 1.12 bits per heavy atom. The number of hydrogen-bond donors (Lipinski definition) is 2. The number of benzene rings is 2. The van der Waals surface area contributed by atoms with Gasteiger partial charge in [-0.1, -0.05) is 47.5 Å². The van der Waals surface area contributed by atoms with Crippen molar-refractivity contribution in [3.8, 4) is 5.75 Å². The number of methoxy groups -OCH3 is 1. The minimum atomic E-state index is -0.370. The molecule has 0 fully saturated rings. The van der Waals surface area contributed by atoms with Crippen LogP contribution in [-0.2, 0) is 6.54 Å². The molecule has 170 valence electrons. The SMILES string of the molecule is COc1cc(Cl)cc(C(=O)Nc2ccc(Cl)cn2)c1NCc1ccc(C2=NCCN2C)cc1. The normalized spacial score (nSPS) is 13.0. The molecule has 7 nitrogen and oxygen atoms in total. The van der Waals surface area contributed by atoms with Gasteiger partial charge in [-0.2, -0.15) is 0 Å². The lowest BCUT2D eigenvalue weighted by molar-refractivity contribution is 0.102. The lowest BCUT2D eigenvalue weighted by atomic mass is 10.1. The number of ether oxygens (including phenoxy) is 1. The van der Waals surface area contributed by atoms with Gasteiger partial charge in [0.05, 0.1) is 29.9 Å². The van der Waals surface area contributed by atoms with E-state index in [0.717, 1.165) is 30.1 Å². The lowest BCUT2D eigenvalue weighted by Crippen LogP contribution is -2.23. The zero-order valence-electron chi connectivity index (χ0n) is 18.2. The fraction of sp³-hybridized carbons (Fsp3) is 0.208. The monoisotopic (exact) mass is 483 g/mol. The number of amides is 1. The highest BCUT2D eigenvalue weighted by Crippen LogP contribution is 2.33. The molecule has 0 saturated heterocycles. The zero-order chi connectivity index (χ0) is 23.4. The largest absolute Gasteiger partial charge is 0.495 e. The highest BCUT2D eigenvalue weighted by atomic mass is 35.5. The van der Waals surface area contributed by atoms with Gasteiger partial charge in [0.25, 0.3) is 5.91 Å². The van der Waals surface area contributed by atoms with Crippen molar-refractivity contribution in [1.82, 2.24) is 9.88 Å². The molecule has 1 aliphatic rings. The Bertz CT molecular complexity index is 1180. The molecule has 0 atom stereocenters. The highest BCUT2D eigenvalue weighted by Gasteiger charge is 2.19. The Morgan fingerprint density at radius 3 is 2.55 bits per heavy atom. The molecule has 4 rings (SSSR count). The zero-order valence-corrected chi connectivity index (χ0v) is 19.7. The minimum absolute atomic E-state index is 0.342. The van der Waals surface area contributed by atoms with E-state index in [1.807, 2.05) is 19.2 Å². The summed E-state index contributed by atoms with van der Waals surface area (Å²) in [6.45, 7) is 2.24. The van der Waals surface area contributed by atoms with E-state index >= 15 is 0 Å². The van der Waals surface area contributed by atoms with E-state index in [4.69, 9.17) is 27.9 Å². The summed E-state index contributed by atoms with van der Waals surface area (Å²) in [7, 11) is 3.58. The molecule has 33 heavy (non-hydrogen) atoms. The third-order valence-corrected chi connectivity index (χ3v) is 5.68. The van der Waals surface area contributed by atoms with Crippen molar-refractivity contribution in [3.63, 3.8) is 0 Å². The Hall–Kier alpha value is -3.29. The summed E-state index contributed by atoms with van der Waals surface area (Å²) >= 11 is 12.1. The second-order valence-electron chi connectivity index (χ2n) is 7.52. The van der Waals surface area contributed by atoms with E-state index in [9.17, 15) is 4.79 Å². The molecule has 2 aromatic carbocycles. The number of carbonyl (C=O) groups excluding carboxylic acids is 1. The summed E-state index contributed by atoms with van der Waals surface area (Å²) in [5.74, 6) is 1.48. The van der Waals surface area contributed by atoms with Crippen molar-refractivity contribution >= 4 is 46.4 Å². The van der Waals surface area contributed by atoms with Gasteiger partial charge in [0.2, 0.25) is 0 Å². The van der Waals surface area contributed by atoms with Crippen LogP contribution in [0.2, 0.25) is 10.0 Å². The second-order valence-corrected chi connectivity index (χ2v) is 8.40. The molecule has 3 aromatic rings. The molecule has 9 heteroatoms. The molecule has 2 N–H and O–H groups in total. The van der Waals surface area contributed by atoms with Gasteiger partial charge in [-0.05, 0) is 23.8 Å². The number of aliphatic imine (C=N–C) groups is 1. The highest BCUT2D eigenvalue weighted by molar-refractivity contribution is 6.31. The number of likely N-dealkylation sites (N-methyl/N-ethyl adjacent to an activating group) is 1. The van der Waals surface area contributed by atoms with Crippen LogP contribution in [0.25, 0.3) is 0 Å². The second kappa shape index (κ2) is 10.1. The maximum absolute atomic E-state index is 13.0. The van der Waals surface area contributed by atoms with E-state index in [-0.39, 0.29) is 5.91 Å². The van der Waals surface area contributed by atoms with Crippen molar-refractivity contribution < 1.29 is 9.53 Å². The predicted octanol–water partition coefficient (Wildman–Crippen LogP) is 4.95. The molecule has 0 bridgehead atoms. The molecule has 0 aliphatic carbocycles. The quantitative estimate of drug-likeness (QED) is 0.496. The number of anilines is 2. The van der Waals surface area contributed by atoms with Crippen molar-refractivity contribution in [1.29, 1.82) is 0 Å². The summed E-state index contributed by atoms with van der Waals surface area (Å²) in [5, 5.41) is 6.96. The third kappa shape index (κ3) is 5.38. The summed E-state index contributed by atoms with van der Waals surface area (Å²) < 4.78 is 5.49. The first-order valence-electron chi connectivity index (χ1n) is 10.3. The molecule has 1 aromatic heterocycles. The standard InChI is InChI=1S/C24H23Cl2N5O2/c1-31-10-9-27-23(31)16-5-3-15(4-6-16)13-29-22-19(11-18(26)12-20(22)33-2)24(32)30-21-8-7-17(25)14-28-21/h3-8,11-12,14,29H,9-10,13H2,1-2H3,(H,28,30,32). The first kappa shape index (κ1) is 22.9. The first-order valence-corrected chi connectivity index (χ1v) is 11.1. The Labute approximate surface area is 202 Å². The molecule has 0 spiro atoms. The maximum Gasteiger partial charge on any atom is 0.259 e. The van der Waals surface area contributed by atoms with Crippen LogP contribution in [0, 0.1) is 0 Å². The van der Waals surface area contributed by atoms with Gasteiger partial charge < -0.3 is 20.3 Å². The first-order chi connectivity index (χ1) is 15.9. The van der Waals surface area contributed by atoms with E-state index in [1.54, 1.807) is 24.3 Å². The number of rotatable bonds is 7. The molecule has 0 saturated carbocycles. The van der Waals surface area contributed by atoms with Crippen molar-refractivity contribution in [2.45, 2.75) is 6.54 Å². The molecule has 1 aliphatic heterocycles. The van der Waals surface area contributed by atoms with Crippen LogP contribution in [0.15, 0.2) is 59.7 Å². The average Bonchev–Trinajstić information content (AvgIpc) is 3.25. The van der Waals surface area contributed by atoms with Gasteiger partial charge >= 0.3 is 0 Å². The number of aromatic nitrogens is 1. The van der Waals surface area contributed by atoms with Gasteiger partial charge in [0.1, 0.15) is 17.4 Å². The minimum Gasteiger partial charge on any atom is -0.495 e. The molecular formula is C24H23Cl2N5O2. The van der Waals surface area contributed by atoms with Gasteiger partial charge in [-0.15, -0.1) is 0 Å². The van der Waals surface area contributed by atoms with Crippen LogP contribution < -0.4 is 15.4 Å². The lowest BCUT2D eigenvalue weighted by Gasteiger charge is -2.17. The Balaban J connectivity index is 1.54. The van der Waals surface area contributed by atoms with Crippen LogP contribution in [-0.4, -0.2) is 48.9 Å². The smallest absolute Gasteiger partial charge is 0.259 e. The van der Waals surface area contributed by atoms with Crippen molar-refractivity contribution in [2.75, 3.05) is 37.9 Å². The summed E-state index contributed by atoms with van der Waals surface area (Å²) in [5.41, 5.74) is 3.01. The van der Waals surface area contributed by atoms with Crippen molar-refractivity contribution in [3.05, 3.63) is 81.5 Å². The van der Waals surface area contributed by atoms with Gasteiger partial charge in [0.15, 0.2) is 0 Å². The maximum atomic E-state index is 13.0.